The zero-order valence-corrected chi connectivity index (χ0v) is 19.0. The minimum Gasteiger partial charge on any atom is -0.508 e. The van der Waals surface area contributed by atoms with Gasteiger partial charge in [0.2, 0.25) is 0 Å². The fraction of sp³-hybridized carbons (Fsp3) is 0.280. The van der Waals surface area contributed by atoms with Crippen LogP contribution in [-0.2, 0) is 11.8 Å². The van der Waals surface area contributed by atoms with Gasteiger partial charge in [-0.3, -0.25) is 0 Å². The quantitative estimate of drug-likeness (QED) is 0.354. The Morgan fingerprint density at radius 1 is 0.935 bits per heavy atom. The normalized spacial score (nSPS) is 13.6. The first-order valence-corrected chi connectivity index (χ1v) is 10.8. The predicted molar refractivity (Wildman–Crippen MR) is 126 cm³/mol. The first kappa shape index (κ1) is 23.4. The fourth-order valence-electron chi connectivity index (χ4n) is 4.05. The van der Waals surface area contributed by atoms with Crippen LogP contribution in [0.1, 0.15) is 31.4 Å². The number of anilines is 1. The summed E-state index contributed by atoms with van der Waals surface area (Å²) < 4.78 is 13.9. The molecule has 3 aromatic rings. The zero-order valence-electron chi connectivity index (χ0n) is 17.5. The molecule has 0 aliphatic carbocycles. The van der Waals surface area contributed by atoms with Crippen LogP contribution in [0.5, 0.6) is 5.75 Å². The second-order valence-electron chi connectivity index (χ2n) is 8.62. The molecule has 6 heteroatoms. The molecule has 0 radical (unpaired) electrons. The summed E-state index contributed by atoms with van der Waals surface area (Å²) in [4.78, 5) is 0. The number of aliphatic hydroxyl groups is 1. The molecular formula is C25H26Cl2FNO2. The molecule has 3 N–H and O–H groups in total. The average molecular weight is 462 g/mol. The maximum atomic E-state index is 13.9. The SMILES string of the molecule is CC(C)(CC(O)(CNc1cc(Cl)cc(Cl)c1)Cc1ccccc1)c1cc(F)ccc1O. The van der Waals surface area contributed by atoms with Crippen LogP contribution in [0.2, 0.25) is 10.0 Å². The molecule has 3 nitrogen and oxygen atoms in total. The van der Waals surface area contributed by atoms with E-state index in [1.54, 1.807) is 18.2 Å². The summed E-state index contributed by atoms with van der Waals surface area (Å²) >= 11 is 12.2. The van der Waals surface area contributed by atoms with E-state index in [2.05, 4.69) is 5.32 Å². The molecule has 3 aromatic carbocycles. The number of hydrogen-bond acceptors (Lipinski definition) is 3. The molecule has 0 aliphatic heterocycles. The van der Waals surface area contributed by atoms with Gasteiger partial charge in [0.1, 0.15) is 11.6 Å². The zero-order chi connectivity index (χ0) is 22.6. The Labute approximate surface area is 192 Å². The van der Waals surface area contributed by atoms with Crippen LogP contribution in [0.15, 0.2) is 66.7 Å². The minimum atomic E-state index is -1.21. The summed E-state index contributed by atoms with van der Waals surface area (Å²) in [5, 5.41) is 26.3. The summed E-state index contributed by atoms with van der Waals surface area (Å²) in [6.45, 7) is 3.97. The lowest BCUT2D eigenvalue weighted by atomic mass is 9.73. The fourth-order valence-corrected chi connectivity index (χ4v) is 4.58. The van der Waals surface area contributed by atoms with Gasteiger partial charge in [0.05, 0.1) is 5.60 Å². The standard InChI is InChI=1S/C25H26Cl2FNO2/c1-24(2,22-13-20(28)8-9-23(22)30)15-25(31,14-17-6-4-3-5-7-17)16-29-21-11-18(26)10-19(27)12-21/h3-13,29-31H,14-16H2,1-2H3. The van der Waals surface area contributed by atoms with Gasteiger partial charge in [-0.25, -0.2) is 4.39 Å². The Morgan fingerprint density at radius 2 is 1.58 bits per heavy atom. The van der Waals surface area contributed by atoms with Crippen molar-refractivity contribution in [2.75, 3.05) is 11.9 Å². The van der Waals surface area contributed by atoms with Crippen LogP contribution < -0.4 is 5.32 Å². The van der Waals surface area contributed by atoms with E-state index in [0.29, 0.717) is 27.7 Å². The molecule has 0 saturated heterocycles. The number of benzene rings is 3. The lowest BCUT2D eigenvalue weighted by molar-refractivity contribution is 0.0254. The summed E-state index contributed by atoms with van der Waals surface area (Å²) in [6, 6.07) is 18.7. The van der Waals surface area contributed by atoms with E-state index in [1.807, 2.05) is 44.2 Å². The molecule has 0 fully saturated rings. The maximum absolute atomic E-state index is 13.9. The van der Waals surface area contributed by atoms with Crippen molar-refractivity contribution < 1.29 is 14.6 Å². The van der Waals surface area contributed by atoms with Gasteiger partial charge >= 0.3 is 0 Å². The highest BCUT2D eigenvalue weighted by Gasteiger charge is 2.37. The molecule has 0 aliphatic rings. The van der Waals surface area contributed by atoms with E-state index in [4.69, 9.17) is 23.2 Å². The largest absolute Gasteiger partial charge is 0.508 e. The van der Waals surface area contributed by atoms with Gasteiger partial charge in [-0.15, -0.1) is 0 Å². The summed E-state index contributed by atoms with van der Waals surface area (Å²) in [5.74, 6) is -0.429. The van der Waals surface area contributed by atoms with Crippen LogP contribution in [0.25, 0.3) is 0 Å². The molecule has 31 heavy (non-hydrogen) atoms. The number of halogens is 3. The van der Waals surface area contributed by atoms with Crippen molar-refractivity contribution in [2.45, 2.75) is 37.7 Å². The smallest absolute Gasteiger partial charge is 0.123 e. The van der Waals surface area contributed by atoms with Gasteiger partial charge in [-0.1, -0.05) is 67.4 Å². The van der Waals surface area contributed by atoms with E-state index in [0.717, 1.165) is 5.56 Å². The molecule has 0 amide bonds. The second-order valence-corrected chi connectivity index (χ2v) is 9.49. The highest BCUT2D eigenvalue weighted by Crippen LogP contribution is 2.39. The molecule has 0 saturated carbocycles. The Morgan fingerprint density at radius 3 is 2.23 bits per heavy atom. The number of phenols is 1. The topological polar surface area (TPSA) is 52.5 Å². The second kappa shape index (κ2) is 9.47. The van der Waals surface area contributed by atoms with Gasteiger partial charge in [0.15, 0.2) is 0 Å². The monoisotopic (exact) mass is 461 g/mol. The number of nitrogens with one attached hydrogen (secondary N) is 1. The van der Waals surface area contributed by atoms with Gasteiger partial charge in [-0.05, 0) is 53.8 Å². The van der Waals surface area contributed by atoms with Crippen molar-refractivity contribution in [3.05, 3.63) is 93.7 Å². The van der Waals surface area contributed by atoms with Crippen LogP contribution in [0, 0.1) is 5.82 Å². The molecule has 1 atom stereocenters. The number of phenolic OH excluding ortho intramolecular Hbond substituents is 1. The lowest BCUT2D eigenvalue weighted by Gasteiger charge is -2.37. The molecular weight excluding hydrogens is 436 g/mol. The van der Waals surface area contributed by atoms with Crippen LogP contribution in [0.4, 0.5) is 10.1 Å². The summed E-state index contributed by atoms with van der Waals surface area (Å²) in [5.41, 5.74) is 0.192. The van der Waals surface area contributed by atoms with Gasteiger partial charge in [0, 0.05) is 34.3 Å². The van der Waals surface area contributed by atoms with Crippen molar-refractivity contribution in [3.8, 4) is 5.75 Å². The van der Waals surface area contributed by atoms with Crippen LogP contribution in [0.3, 0.4) is 0 Å². The molecule has 0 bridgehead atoms. The third-order valence-corrected chi connectivity index (χ3v) is 5.76. The van der Waals surface area contributed by atoms with Gasteiger partial charge in [-0.2, -0.15) is 0 Å². The molecule has 0 spiro atoms. The Hall–Kier alpha value is -2.27. The lowest BCUT2D eigenvalue weighted by Crippen LogP contribution is -2.44. The first-order chi connectivity index (χ1) is 14.6. The molecule has 3 rings (SSSR count). The highest BCUT2D eigenvalue weighted by atomic mass is 35.5. The van der Waals surface area contributed by atoms with E-state index in [-0.39, 0.29) is 18.7 Å². The van der Waals surface area contributed by atoms with Crippen LogP contribution >= 0.6 is 23.2 Å². The van der Waals surface area contributed by atoms with Crippen molar-refractivity contribution in [1.82, 2.24) is 0 Å². The van der Waals surface area contributed by atoms with E-state index >= 15 is 0 Å². The number of hydrogen-bond donors (Lipinski definition) is 3. The first-order valence-electron chi connectivity index (χ1n) is 10.0. The average Bonchev–Trinajstić information content (AvgIpc) is 2.68. The molecule has 1 unspecified atom stereocenters. The number of rotatable bonds is 8. The van der Waals surface area contributed by atoms with Crippen molar-refractivity contribution in [3.63, 3.8) is 0 Å². The van der Waals surface area contributed by atoms with E-state index in [9.17, 15) is 14.6 Å². The summed E-state index contributed by atoms with van der Waals surface area (Å²) in [6.07, 6.45) is 0.641. The number of aromatic hydroxyl groups is 1. The maximum Gasteiger partial charge on any atom is 0.123 e. The Kier molecular flexibility index (Phi) is 7.15. The van der Waals surface area contributed by atoms with Crippen molar-refractivity contribution in [2.24, 2.45) is 0 Å². The highest BCUT2D eigenvalue weighted by molar-refractivity contribution is 6.35. The molecule has 0 aromatic heterocycles. The van der Waals surface area contributed by atoms with E-state index < -0.39 is 16.8 Å². The van der Waals surface area contributed by atoms with Crippen molar-refractivity contribution in [1.29, 1.82) is 0 Å². The van der Waals surface area contributed by atoms with Crippen molar-refractivity contribution >= 4 is 28.9 Å². The predicted octanol–water partition coefficient (Wildman–Crippen LogP) is 6.59. The summed E-state index contributed by atoms with van der Waals surface area (Å²) in [7, 11) is 0. The van der Waals surface area contributed by atoms with Gasteiger partial charge < -0.3 is 15.5 Å². The molecule has 0 heterocycles. The van der Waals surface area contributed by atoms with E-state index in [1.165, 1.54) is 18.2 Å². The molecule has 164 valence electrons. The minimum absolute atomic E-state index is 0.00282. The van der Waals surface area contributed by atoms with Crippen LogP contribution in [-0.4, -0.2) is 22.4 Å². The van der Waals surface area contributed by atoms with Gasteiger partial charge in [0.25, 0.3) is 0 Å². The third-order valence-electron chi connectivity index (χ3n) is 5.32. The third kappa shape index (κ3) is 6.36. The Balaban J connectivity index is 1.90. The Bertz CT molecular complexity index is 1020.